The van der Waals surface area contributed by atoms with Crippen LogP contribution in [0.5, 0.6) is 0 Å². The molecule has 0 saturated heterocycles. The predicted octanol–water partition coefficient (Wildman–Crippen LogP) is 3.97. The zero-order valence-electron chi connectivity index (χ0n) is 12.4. The lowest BCUT2D eigenvalue weighted by Gasteiger charge is -2.35. The van der Waals surface area contributed by atoms with Gasteiger partial charge in [0.05, 0.1) is 6.04 Å². The highest BCUT2D eigenvalue weighted by Gasteiger charge is 2.25. The quantitative estimate of drug-likeness (QED) is 0.872. The molecule has 2 aromatic carbocycles. The van der Waals surface area contributed by atoms with Crippen molar-refractivity contribution in [3.05, 3.63) is 66.2 Å². The molecule has 2 aromatic rings. The Morgan fingerprint density at radius 1 is 1.00 bits per heavy atom. The van der Waals surface area contributed by atoms with Crippen LogP contribution in [0.2, 0.25) is 0 Å². The zero-order valence-corrected chi connectivity index (χ0v) is 12.4. The summed E-state index contributed by atoms with van der Waals surface area (Å²) in [4.78, 5) is 13.3. The predicted molar refractivity (Wildman–Crippen MR) is 85.4 cm³/mol. The first-order valence-electron chi connectivity index (χ1n) is 7.18. The zero-order chi connectivity index (χ0) is 15.2. The van der Waals surface area contributed by atoms with E-state index in [9.17, 15) is 9.90 Å². The van der Waals surface area contributed by atoms with Crippen molar-refractivity contribution in [3.8, 4) is 0 Å². The Kier molecular flexibility index (Phi) is 4.99. The number of para-hydroxylation sites is 1. The Bertz CT molecular complexity index is 566. The molecule has 0 amide bonds. The van der Waals surface area contributed by atoms with Crippen LogP contribution in [0, 0.1) is 5.92 Å². The largest absolute Gasteiger partial charge is 0.480 e. The molecule has 0 aliphatic carbocycles. The fourth-order valence-corrected chi connectivity index (χ4v) is 2.69. The Balaban J connectivity index is 2.43. The summed E-state index contributed by atoms with van der Waals surface area (Å²) < 4.78 is 0. The molecule has 0 fully saturated rings. The molecule has 3 nitrogen and oxygen atoms in total. The van der Waals surface area contributed by atoms with E-state index in [-0.39, 0.29) is 12.6 Å². The van der Waals surface area contributed by atoms with Crippen molar-refractivity contribution in [1.29, 1.82) is 0 Å². The van der Waals surface area contributed by atoms with Crippen LogP contribution < -0.4 is 4.90 Å². The topological polar surface area (TPSA) is 40.5 Å². The number of aliphatic carboxylic acids is 1. The number of carbonyl (C=O) groups is 1. The van der Waals surface area contributed by atoms with Crippen LogP contribution >= 0.6 is 0 Å². The summed E-state index contributed by atoms with van der Waals surface area (Å²) in [7, 11) is 0. The molecular weight excluding hydrogens is 262 g/mol. The van der Waals surface area contributed by atoms with E-state index in [0.29, 0.717) is 5.92 Å². The fraction of sp³-hybridized carbons (Fsp3) is 0.278. The molecule has 0 bridgehead atoms. The van der Waals surface area contributed by atoms with Gasteiger partial charge in [-0.05, 0) is 23.6 Å². The van der Waals surface area contributed by atoms with Gasteiger partial charge in [0.25, 0.3) is 0 Å². The first kappa shape index (κ1) is 15.1. The van der Waals surface area contributed by atoms with Gasteiger partial charge in [-0.15, -0.1) is 0 Å². The molecule has 1 atom stereocenters. The van der Waals surface area contributed by atoms with Gasteiger partial charge in [-0.3, -0.25) is 4.79 Å². The summed E-state index contributed by atoms with van der Waals surface area (Å²) in [5.74, 6) is -0.521. The van der Waals surface area contributed by atoms with Crippen molar-refractivity contribution in [2.45, 2.75) is 19.9 Å². The maximum Gasteiger partial charge on any atom is 0.323 e. The molecule has 21 heavy (non-hydrogen) atoms. The molecule has 0 saturated carbocycles. The Morgan fingerprint density at radius 3 is 2.00 bits per heavy atom. The molecule has 1 unspecified atom stereocenters. The highest BCUT2D eigenvalue weighted by atomic mass is 16.4. The summed E-state index contributed by atoms with van der Waals surface area (Å²) in [6.07, 6.45) is 0. The van der Waals surface area contributed by atoms with Crippen molar-refractivity contribution in [1.82, 2.24) is 0 Å². The molecule has 0 heterocycles. The lowest BCUT2D eigenvalue weighted by Crippen LogP contribution is -2.36. The number of nitrogens with zero attached hydrogens (tertiary/aromatic N) is 1. The highest BCUT2D eigenvalue weighted by Crippen LogP contribution is 2.32. The van der Waals surface area contributed by atoms with Crippen LogP contribution in [-0.2, 0) is 4.79 Å². The number of carboxylic acids is 1. The minimum absolute atomic E-state index is 0.0121. The van der Waals surface area contributed by atoms with Crippen molar-refractivity contribution in [2.75, 3.05) is 11.4 Å². The molecule has 0 aliphatic heterocycles. The van der Waals surface area contributed by atoms with Crippen LogP contribution in [-0.4, -0.2) is 17.6 Å². The first-order valence-corrected chi connectivity index (χ1v) is 7.18. The molecule has 0 spiro atoms. The summed E-state index contributed by atoms with van der Waals surface area (Å²) in [6.45, 7) is 4.23. The van der Waals surface area contributed by atoms with Crippen LogP contribution in [0.3, 0.4) is 0 Å². The summed E-state index contributed by atoms with van der Waals surface area (Å²) >= 11 is 0. The Morgan fingerprint density at radius 2 is 1.52 bits per heavy atom. The molecule has 0 aromatic heterocycles. The monoisotopic (exact) mass is 283 g/mol. The second-order valence-electron chi connectivity index (χ2n) is 5.46. The molecule has 1 N–H and O–H groups in total. The minimum atomic E-state index is -0.819. The van der Waals surface area contributed by atoms with Crippen LogP contribution in [0.25, 0.3) is 0 Å². The van der Waals surface area contributed by atoms with Crippen LogP contribution in [0.15, 0.2) is 60.7 Å². The van der Waals surface area contributed by atoms with Gasteiger partial charge in [0.1, 0.15) is 6.54 Å². The number of benzene rings is 2. The van der Waals surface area contributed by atoms with E-state index in [0.717, 1.165) is 11.3 Å². The smallest absolute Gasteiger partial charge is 0.323 e. The average Bonchev–Trinajstić information content (AvgIpc) is 2.48. The average molecular weight is 283 g/mol. The number of rotatable bonds is 6. The van der Waals surface area contributed by atoms with Gasteiger partial charge >= 0.3 is 5.97 Å². The van der Waals surface area contributed by atoms with Gasteiger partial charge in [0, 0.05) is 5.69 Å². The van der Waals surface area contributed by atoms with Gasteiger partial charge in [-0.2, -0.15) is 0 Å². The number of carboxylic acid groups (broad SMARTS) is 1. The van der Waals surface area contributed by atoms with Gasteiger partial charge in [-0.1, -0.05) is 62.4 Å². The summed E-state index contributed by atoms with van der Waals surface area (Å²) in [5, 5.41) is 9.28. The van der Waals surface area contributed by atoms with Gasteiger partial charge in [-0.25, -0.2) is 0 Å². The lowest BCUT2D eigenvalue weighted by molar-refractivity contribution is -0.135. The van der Waals surface area contributed by atoms with E-state index in [2.05, 4.69) is 26.0 Å². The lowest BCUT2D eigenvalue weighted by atomic mass is 9.93. The second kappa shape index (κ2) is 6.93. The van der Waals surface area contributed by atoms with Crippen molar-refractivity contribution in [2.24, 2.45) is 5.92 Å². The highest BCUT2D eigenvalue weighted by molar-refractivity contribution is 5.74. The molecule has 0 radical (unpaired) electrons. The van der Waals surface area contributed by atoms with E-state index in [1.54, 1.807) is 0 Å². The van der Waals surface area contributed by atoms with Crippen LogP contribution in [0.4, 0.5) is 5.69 Å². The van der Waals surface area contributed by atoms with Crippen LogP contribution in [0.1, 0.15) is 25.5 Å². The van der Waals surface area contributed by atoms with E-state index in [1.165, 1.54) is 0 Å². The van der Waals surface area contributed by atoms with Gasteiger partial charge in [0.15, 0.2) is 0 Å². The van der Waals surface area contributed by atoms with Crippen molar-refractivity contribution >= 4 is 11.7 Å². The molecule has 0 aliphatic rings. The van der Waals surface area contributed by atoms with E-state index < -0.39 is 5.97 Å². The molecule has 110 valence electrons. The Hall–Kier alpha value is -2.29. The third-order valence-electron chi connectivity index (χ3n) is 3.50. The van der Waals surface area contributed by atoms with Gasteiger partial charge in [0.2, 0.25) is 0 Å². The SMILES string of the molecule is CC(C)C(c1ccccc1)N(CC(=O)O)c1ccccc1. The standard InChI is InChI=1S/C18H21NO2/c1-14(2)18(15-9-5-3-6-10-15)19(13-17(20)21)16-11-7-4-8-12-16/h3-12,14,18H,13H2,1-2H3,(H,20,21). The maximum absolute atomic E-state index is 11.3. The maximum atomic E-state index is 11.3. The first-order chi connectivity index (χ1) is 10.1. The molecular formula is C18H21NO2. The third-order valence-corrected chi connectivity index (χ3v) is 3.50. The summed E-state index contributed by atoms with van der Waals surface area (Å²) in [5.41, 5.74) is 2.07. The number of anilines is 1. The number of hydrogen-bond donors (Lipinski definition) is 1. The van der Waals surface area contributed by atoms with Crippen molar-refractivity contribution < 1.29 is 9.90 Å². The third kappa shape index (κ3) is 3.85. The second-order valence-corrected chi connectivity index (χ2v) is 5.46. The van der Waals surface area contributed by atoms with E-state index in [4.69, 9.17) is 0 Å². The van der Waals surface area contributed by atoms with E-state index >= 15 is 0 Å². The van der Waals surface area contributed by atoms with Gasteiger partial charge < -0.3 is 10.0 Å². The molecule has 3 heteroatoms. The minimum Gasteiger partial charge on any atom is -0.480 e. The summed E-state index contributed by atoms with van der Waals surface area (Å²) in [6, 6.07) is 19.8. The van der Waals surface area contributed by atoms with Crippen molar-refractivity contribution in [3.63, 3.8) is 0 Å². The fourth-order valence-electron chi connectivity index (χ4n) is 2.69. The Labute approximate surface area is 125 Å². The van der Waals surface area contributed by atoms with E-state index in [1.807, 2.05) is 53.4 Å². The molecule has 2 rings (SSSR count). The number of hydrogen-bond acceptors (Lipinski definition) is 2. The normalized spacial score (nSPS) is 12.1.